The van der Waals surface area contributed by atoms with Gasteiger partial charge in [0.2, 0.25) is 0 Å². The zero-order valence-electron chi connectivity index (χ0n) is 9.69. The maximum atomic E-state index is 3.50. The van der Waals surface area contributed by atoms with E-state index < -0.39 is 0 Å². The summed E-state index contributed by atoms with van der Waals surface area (Å²) in [5.41, 5.74) is 1.37. The quantitative estimate of drug-likeness (QED) is 0.785. The Hall–Kier alpha value is -0.510. The largest absolute Gasteiger partial charge is 0.311 e. The van der Waals surface area contributed by atoms with Gasteiger partial charge in [-0.15, -0.1) is 0 Å². The molecule has 0 aliphatic carbocycles. The van der Waals surface area contributed by atoms with E-state index in [4.69, 9.17) is 0 Å². The first-order valence-corrected chi connectivity index (χ1v) is 7.15. The predicted octanol–water partition coefficient (Wildman–Crippen LogP) is 1.82. The molecular formula is C13H20N2S. The standard InChI is InChI=1S/C13H20N2S/c1-2-4-13(5-3-1)12-14-6-7-15-8-10-16-11-9-15/h1-5,14H,6-12H2. The highest BCUT2D eigenvalue weighted by Crippen LogP contribution is 2.07. The fourth-order valence-electron chi connectivity index (χ4n) is 1.89. The second-order valence-electron chi connectivity index (χ2n) is 4.12. The molecule has 1 aromatic carbocycles. The van der Waals surface area contributed by atoms with Crippen LogP contribution in [-0.4, -0.2) is 42.6 Å². The zero-order valence-corrected chi connectivity index (χ0v) is 10.5. The van der Waals surface area contributed by atoms with Gasteiger partial charge in [0.25, 0.3) is 0 Å². The molecule has 88 valence electrons. The molecule has 0 aromatic heterocycles. The average molecular weight is 236 g/mol. The molecule has 2 rings (SSSR count). The summed E-state index contributed by atoms with van der Waals surface area (Å²) in [6.45, 7) is 5.80. The summed E-state index contributed by atoms with van der Waals surface area (Å²) >= 11 is 2.07. The Balaban J connectivity index is 1.58. The lowest BCUT2D eigenvalue weighted by atomic mass is 10.2. The fraction of sp³-hybridized carbons (Fsp3) is 0.538. The summed E-state index contributed by atoms with van der Waals surface area (Å²) in [6.07, 6.45) is 0. The van der Waals surface area contributed by atoms with Crippen LogP contribution in [0.3, 0.4) is 0 Å². The van der Waals surface area contributed by atoms with E-state index >= 15 is 0 Å². The molecule has 1 heterocycles. The summed E-state index contributed by atoms with van der Waals surface area (Å²) in [5, 5.41) is 3.50. The molecule has 0 spiro atoms. The van der Waals surface area contributed by atoms with E-state index in [9.17, 15) is 0 Å². The van der Waals surface area contributed by atoms with Gasteiger partial charge in [-0.1, -0.05) is 30.3 Å². The highest BCUT2D eigenvalue weighted by Gasteiger charge is 2.08. The molecular weight excluding hydrogens is 216 g/mol. The first kappa shape index (κ1) is 12.0. The topological polar surface area (TPSA) is 15.3 Å². The van der Waals surface area contributed by atoms with Gasteiger partial charge < -0.3 is 10.2 Å². The van der Waals surface area contributed by atoms with Gasteiger partial charge in [0.1, 0.15) is 0 Å². The molecule has 1 aliphatic rings. The summed E-state index contributed by atoms with van der Waals surface area (Å²) in [6, 6.07) is 10.6. The zero-order chi connectivity index (χ0) is 11.1. The van der Waals surface area contributed by atoms with Gasteiger partial charge in [-0.2, -0.15) is 11.8 Å². The molecule has 1 aromatic rings. The number of rotatable bonds is 5. The molecule has 3 heteroatoms. The van der Waals surface area contributed by atoms with Crippen molar-refractivity contribution in [1.82, 2.24) is 10.2 Å². The molecule has 0 atom stereocenters. The van der Waals surface area contributed by atoms with Crippen molar-refractivity contribution in [2.75, 3.05) is 37.7 Å². The molecule has 0 radical (unpaired) electrons. The van der Waals surface area contributed by atoms with Crippen LogP contribution in [0.25, 0.3) is 0 Å². The molecule has 0 unspecified atom stereocenters. The van der Waals surface area contributed by atoms with Crippen molar-refractivity contribution in [3.63, 3.8) is 0 Å². The Kier molecular flexibility index (Phi) is 5.19. The summed E-state index contributed by atoms with van der Waals surface area (Å²) < 4.78 is 0. The van der Waals surface area contributed by atoms with Crippen LogP contribution in [0, 0.1) is 0 Å². The number of hydrogen-bond donors (Lipinski definition) is 1. The van der Waals surface area contributed by atoms with Crippen LogP contribution < -0.4 is 5.32 Å². The molecule has 0 saturated carbocycles. The van der Waals surface area contributed by atoms with E-state index in [-0.39, 0.29) is 0 Å². The minimum absolute atomic E-state index is 0.990. The number of nitrogens with zero attached hydrogens (tertiary/aromatic N) is 1. The van der Waals surface area contributed by atoms with Gasteiger partial charge in [0.15, 0.2) is 0 Å². The Labute approximate surface area is 102 Å². The minimum atomic E-state index is 0.990. The predicted molar refractivity (Wildman–Crippen MR) is 71.9 cm³/mol. The second-order valence-corrected chi connectivity index (χ2v) is 5.34. The van der Waals surface area contributed by atoms with Crippen LogP contribution in [0.5, 0.6) is 0 Å². The summed E-state index contributed by atoms with van der Waals surface area (Å²) in [5.74, 6) is 2.61. The van der Waals surface area contributed by atoms with E-state index in [0.29, 0.717) is 0 Å². The van der Waals surface area contributed by atoms with E-state index in [1.807, 2.05) is 0 Å². The van der Waals surface area contributed by atoms with E-state index in [0.717, 1.165) is 13.1 Å². The first-order chi connectivity index (χ1) is 7.95. The second kappa shape index (κ2) is 6.94. The number of benzene rings is 1. The van der Waals surface area contributed by atoms with Gasteiger partial charge in [-0.05, 0) is 5.56 Å². The third kappa shape index (κ3) is 4.16. The van der Waals surface area contributed by atoms with Crippen LogP contribution in [-0.2, 0) is 6.54 Å². The third-order valence-electron chi connectivity index (χ3n) is 2.88. The lowest BCUT2D eigenvalue weighted by Crippen LogP contribution is -2.37. The lowest BCUT2D eigenvalue weighted by molar-refractivity contribution is 0.301. The van der Waals surface area contributed by atoms with E-state index in [1.165, 1.54) is 36.7 Å². The van der Waals surface area contributed by atoms with Crippen LogP contribution in [0.4, 0.5) is 0 Å². The lowest BCUT2D eigenvalue weighted by Gasteiger charge is -2.26. The molecule has 1 fully saturated rings. The van der Waals surface area contributed by atoms with E-state index in [2.05, 4.69) is 52.3 Å². The highest BCUT2D eigenvalue weighted by molar-refractivity contribution is 7.99. The normalized spacial score (nSPS) is 17.5. The van der Waals surface area contributed by atoms with E-state index in [1.54, 1.807) is 0 Å². The molecule has 16 heavy (non-hydrogen) atoms. The third-order valence-corrected chi connectivity index (χ3v) is 3.82. The molecule has 0 amide bonds. The van der Waals surface area contributed by atoms with Crippen LogP contribution >= 0.6 is 11.8 Å². The maximum absolute atomic E-state index is 3.50. The molecule has 1 N–H and O–H groups in total. The van der Waals surface area contributed by atoms with Gasteiger partial charge in [0, 0.05) is 44.2 Å². The Morgan fingerprint density at radius 1 is 1.12 bits per heavy atom. The van der Waals surface area contributed by atoms with Gasteiger partial charge in [0.05, 0.1) is 0 Å². The van der Waals surface area contributed by atoms with Crippen molar-refractivity contribution >= 4 is 11.8 Å². The van der Waals surface area contributed by atoms with Crippen molar-refractivity contribution < 1.29 is 0 Å². The summed E-state index contributed by atoms with van der Waals surface area (Å²) in [7, 11) is 0. The molecule has 1 saturated heterocycles. The van der Waals surface area contributed by atoms with Gasteiger partial charge in [-0.25, -0.2) is 0 Å². The van der Waals surface area contributed by atoms with Crippen LogP contribution in [0.2, 0.25) is 0 Å². The Morgan fingerprint density at radius 2 is 1.88 bits per heavy atom. The maximum Gasteiger partial charge on any atom is 0.0206 e. The van der Waals surface area contributed by atoms with Crippen molar-refractivity contribution in [3.8, 4) is 0 Å². The molecule has 1 aliphatic heterocycles. The van der Waals surface area contributed by atoms with Gasteiger partial charge >= 0.3 is 0 Å². The fourth-order valence-corrected chi connectivity index (χ4v) is 2.87. The first-order valence-electron chi connectivity index (χ1n) is 6.00. The van der Waals surface area contributed by atoms with Crippen molar-refractivity contribution in [2.45, 2.75) is 6.54 Å². The Morgan fingerprint density at radius 3 is 2.62 bits per heavy atom. The number of nitrogens with one attached hydrogen (secondary N) is 1. The number of thioether (sulfide) groups is 1. The Bertz CT molecular complexity index is 283. The van der Waals surface area contributed by atoms with Crippen molar-refractivity contribution in [2.24, 2.45) is 0 Å². The van der Waals surface area contributed by atoms with Crippen LogP contribution in [0.1, 0.15) is 5.56 Å². The average Bonchev–Trinajstić information content (AvgIpc) is 2.37. The number of hydrogen-bond acceptors (Lipinski definition) is 3. The van der Waals surface area contributed by atoms with Crippen molar-refractivity contribution in [3.05, 3.63) is 35.9 Å². The molecule has 2 nitrogen and oxygen atoms in total. The van der Waals surface area contributed by atoms with Crippen molar-refractivity contribution in [1.29, 1.82) is 0 Å². The smallest absolute Gasteiger partial charge is 0.0206 e. The highest BCUT2D eigenvalue weighted by atomic mass is 32.2. The monoisotopic (exact) mass is 236 g/mol. The SMILES string of the molecule is c1ccc(CNCCN2CCSCC2)cc1. The molecule has 0 bridgehead atoms. The minimum Gasteiger partial charge on any atom is -0.311 e. The van der Waals surface area contributed by atoms with Crippen LogP contribution in [0.15, 0.2) is 30.3 Å². The summed E-state index contributed by atoms with van der Waals surface area (Å²) in [4.78, 5) is 2.55. The van der Waals surface area contributed by atoms with Gasteiger partial charge in [-0.3, -0.25) is 0 Å².